The van der Waals surface area contributed by atoms with E-state index in [0.29, 0.717) is 17.1 Å². The van der Waals surface area contributed by atoms with E-state index in [0.717, 1.165) is 22.3 Å². The summed E-state index contributed by atoms with van der Waals surface area (Å²) in [4.78, 5) is 23.2. The number of carboxylic acids is 1. The van der Waals surface area contributed by atoms with Crippen LogP contribution in [-0.4, -0.2) is 37.4 Å². The van der Waals surface area contributed by atoms with E-state index < -0.39 is 18.2 Å². The molecular formula is C25H22ClN5O4. The number of hydrogen-bond donors (Lipinski definition) is 2. The van der Waals surface area contributed by atoms with Gasteiger partial charge in [-0.25, -0.2) is 9.48 Å². The van der Waals surface area contributed by atoms with Gasteiger partial charge in [0.25, 0.3) is 5.95 Å². The number of aliphatic carboxylic acids is 1. The van der Waals surface area contributed by atoms with Crippen molar-refractivity contribution in [3.63, 3.8) is 0 Å². The molecule has 178 valence electrons. The Morgan fingerprint density at radius 3 is 2.26 bits per heavy atom. The number of aromatic nitrogens is 4. The molecule has 0 aliphatic heterocycles. The second-order valence-electron chi connectivity index (χ2n) is 7.82. The summed E-state index contributed by atoms with van der Waals surface area (Å²) in [5.74, 6) is -0.707. The van der Waals surface area contributed by atoms with Crippen LogP contribution >= 0.6 is 11.6 Å². The maximum absolute atomic E-state index is 12.4. The molecule has 0 radical (unpaired) electrons. The number of rotatable bonds is 8. The van der Waals surface area contributed by atoms with Gasteiger partial charge in [-0.05, 0) is 45.7 Å². The van der Waals surface area contributed by atoms with Crippen LogP contribution in [0.1, 0.15) is 29.7 Å². The standard InChI is InChI=1S/C25H22ClN5O4/c1-16(21-4-2-3-5-22(21)26)35-25(34)27-24-28-29-30-31(24)15-18-8-12-20(13-9-18)19-10-6-17(7-11-19)14-23(32)33/h2-13,16H,14-15H2,1H3,(H,32,33)(H,27,28,30,34). The normalized spacial score (nSPS) is 11.6. The summed E-state index contributed by atoms with van der Waals surface area (Å²) >= 11 is 6.17. The predicted octanol–water partition coefficient (Wildman–Crippen LogP) is 4.98. The summed E-state index contributed by atoms with van der Waals surface area (Å²) in [5.41, 5.74) is 4.33. The van der Waals surface area contributed by atoms with Crippen molar-refractivity contribution < 1.29 is 19.4 Å². The van der Waals surface area contributed by atoms with Gasteiger partial charge in [-0.15, -0.1) is 0 Å². The minimum atomic E-state index is -0.859. The molecule has 1 aromatic heterocycles. The largest absolute Gasteiger partial charge is 0.481 e. The van der Waals surface area contributed by atoms with Crippen LogP contribution in [0.4, 0.5) is 10.7 Å². The van der Waals surface area contributed by atoms with Crippen molar-refractivity contribution in [3.8, 4) is 11.1 Å². The molecule has 0 saturated carbocycles. The summed E-state index contributed by atoms with van der Waals surface area (Å²) < 4.78 is 6.87. The molecule has 4 rings (SSSR count). The van der Waals surface area contributed by atoms with Gasteiger partial charge in [0.05, 0.1) is 13.0 Å². The molecular weight excluding hydrogens is 470 g/mol. The first kappa shape index (κ1) is 23.9. The lowest BCUT2D eigenvalue weighted by Crippen LogP contribution is -2.19. The molecule has 0 fully saturated rings. The molecule has 0 bridgehead atoms. The summed E-state index contributed by atoms with van der Waals surface area (Å²) in [6.45, 7) is 2.06. The van der Waals surface area contributed by atoms with E-state index in [9.17, 15) is 9.59 Å². The van der Waals surface area contributed by atoms with E-state index in [-0.39, 0.29) is 12.4 Å². The Labute approximate surface area is 206 Å². The van der Waals surface area contributed by atoms with Crippen LogP contribution in [-0.2, 0) is 22.5 Å². The highest BCUT2D eigenvalue weighted by atomic mass is 35.5. The van der Waals surface area contributed by atoms with E-state index in [2.05, 4.69) is 20.8 Å². The van der Waals surface area contributed by atoms with Gasteiger partial charge in [-0.2, -0.15) is 0 Å². The van der Waals surface area contributed by atoms with Crippen LogP contribution in [0.2, 0.25) is 5.02 Å². The van der Waals surface area contributed by atoms with Gasteiger partial charge in [0, 0.05) is 10.6 Å². The third kappa shape index (κ3) is 6.21. The average Bonchev–Trinajstić information content (AvgIpc) is 3.26. The van der Waals surface area contributed by atoms with Crippen LogP contribution in [0.15, 0.2) is 72.8 Å². The van der Waals surface area contributed by atoms with Gasteiger partial charge in [0.1, 0.15) is 6.10 Å². The van der Waals surface area contributed by atoms with Crippen LogP contribution in [0, 0.1) is 0 Å². The van der Waals surface area contributed by atoms with Crippen molar-refractivity contribution in [3.05, 3.63) is 94.5 Å². The Kier molecular flexibility index (Phi) is 7.37. The second-order valence-corrected chi connectivity index (χ2v) is 8.23. The van der Waals surface area contributed by atoms with Gasteiger partial charge in [0.2, 0.25) is 0 Å². The van der Waals surface area contributed by atoms with Crippen molar-refractivity contribution in [2.45, 2.75) is 26.0 Å². The van der Waals surface area contributed by atoms with E-state index in [1.54, 1.807) is 25.1 Å². The number of nitrogens with one attached hydrogen (secondary N) is 1. The first-order chi connectivity index (χ1) is 16.9. The topological polar surface area (TPSA) is 119 Å². The fourth-order valence-corrected chi connectivity index (χ4v) is 3.80. The highest BCUT2D eigenvalue weighted by Crippen LogP contribution is 2.25. The quantitative estimate of drug-likeness (QED) is 0.356. The zero-order valence-electron chi connectivity index (χ0n) is 18.8. The minimum Gasteiger partial charge on any atom is -0.481 e. The second kappa shape index (κ2) is 10.8. The molecule has 0 aliphatic rings. The minimum absolute atomic E-state index is 0.00597. The number of nitrogens with zero attached hydrogens (tertiary/aromatic N) is 4. The Bertz CT molecular complexity index is 1320. The fourth-order valence-electron chi connectivity index (χ4n) is 3.52. The number of anilines is 1. The maximum atomic E-state index is 12.4. The van der Waals surface area contributed by atoms with Crippen molar-refractivity contribution in [1.29, 1.82) is 0 Å². The lowest BCUT2D eigenvalue weighted by Gasteiger charge is -2.15. The molecule has 1 amide bonds. The number of benzene rings is 3. The Balaban J connectivity index is 1.38. The van der Waals surface area contributed by atoms with Crippen molar-refractivity contribution >= 4 is 29.6 Å². The lowest BCUT2D eigenvalue weighted by molar-refractivity contribution is -0.136. The molecule has 0 spiro atoms. The summed E-state index contributed by atoms with van der Waals surface area (Å²) in [5, 5.41) is 23.4. The molecule has 35 heavy (non-hydrogen) atoms. The lowest BCUT2D eigenvalue weighted by atomic mass is 10.0. The number of hydrogen-bond acceptors (Lipinski definition) is 6. The van der Waals surface area contributed by atoms with Gasteiger partial charge in [-0.3, -0.25) is 10.1 Å². The van der Waals surface area contributed by atoms with Crippen molar-refractivity contribution in [2.75, 3.05) is 5.32 Å². The van der Waals surface area contributed by atoms with Gasteiger partial charge in [0.15, 0.2) is 0 Å². The molecule has 2 N–H and O–H groups in total. The molecule has 1 atom stereocenters. The van der Waals surface area contributed by atoms with Gasteiger partial charge >= 0.3 is 12.1 Å². The van der Waals surface area contributed by atoms with Crippen LogP contribution in [0.25, 0.3) is 11.1 Å². The first-order valence-electron chi connectivity index (χ1n) is 10.8. The Morgan fingerprint density at radius 2 is 1.63 bits per heavy atom. The Hall–Kier alpha value is -4.24. The Morgan fingerprint density at radius 1 is 1.00 bits per heavy atom. The molecule has 10 heteroatoms. The highest BCUT2D eigenvalue weighted by molar-refractivity contribution is 6.31. The van der Waals surface area contributed by atoms with Gasteiger partial charge in [-0.1, -0.05) is 83.4 Å². The molecule has 3 aromatic carbocycles. The third-order valence-electron chi connectivity index (χ3n) is 5.30. The monoisotopic (exact) mass is 491 g/mol. The number of ether oxygens (including phenoxy) is 1. The van der Waals surface area contributed by atoms with E-state index in [1.165, 1.54) is 4.68 Å². The highest BCUT2D eigenvalue weighted by Gasteiger charge is 2.17. The summed E-state index contributed by atoms with van der Waals surface area (Å²) in [6.07, 6.45) is -1.26. The van der Waals surface area contributed by atoms with E-state index >= 15 is 0 Å². The number of amides is 1. The SMILES string of the molecule is CC(OC(=O)Nc1nnnn1Cc1ccc(-c2ccc(CC(=O)O)cc2)cc1)c1ccccc1Cl. The number of carbonyl (C=O) groups is 2. The molecule has 0 saturated heterocycles. The van der Waals surface area contributed by atoms with Crippen LogP contribution in [0.5, 0.6) is 0 Å². The fraction of sp³-hybridized carbons (Fsp3) is 0.160. The molecule has 1 heterocycles. The van der Waals surface area contributed by atoms with E-state index in [4.69, 9.17) is 21.4 Å². The average molecular weight is 492 g/mol. The zero-order valence-corrected chi connectivity index (χ0v) is 19.5. The number of halogens is 1. The third-order valence-corrected chi connectivity index (χ3v) is 5.65. The summed E-state index contributed by atoms with van der Waals surface area (Å²) in [6, 6.07) is 22.3. The van der Waals surface area contributed by atoms with E-state index in [1.807, 2.05) is 54.6 Å². The molecule has 1 unspecified atom stereocenters. The predicted molar refractivity (Wildman–Crippen MR) is 130 cm³/mol. The number of tetrazole rings is 1. The molecule has 4 aromatic rings. The maximum Gasteiger partial charge on any atom is 0.414 e. The molecule has 0 aliphatic carbocycles. The van der Waals surface area contributed by atoms with Gasteiger partial charge < -0.3 is 9.84 Å². The van der Waals surface area contributed by atoms with Crippen molar-refractivity contribution in [2.24, 2.45) is 0 Å². The number of carbonyl (C=O) groups excluding carboxylic acids is 1. The first-order valence-corrected chi connectivity index (χ1v) is 11.1. The van der Waals surface area contributed by atoms with Crippen molar-refractivity contribution in [1.82, 2.24) is 20.2 Å². The zero-order chi connectivity index (χ0) is 24.8. The number of carboxylic acid groups (broad SMARTS) is 1. The smallest absolute Gasteiger partial charge is 0.414 e. The van der Waals surface area contributed by atoms with Crippen LogP contribution in [0.3, 0.4) is 0 Å². The van der Waals surface area contributed by atoms with Crippen LogP contribution < -0.4 is 5.32 Å². The molecule has 9 nitrogen and oxygen atoms in total. The summed E-state index contributed by atoms with van der Waals surface area (Å²) in [7, 11) is 0.